The number of ether oxygens (including phenoxy) is 1. The van der Waals surface area contributed by atoms with Crippen LogP contribution in [0.3, 0.4) is 0 Å². The molecule has 1 aromatic rings. The minimum atomic E-state index is -0.403. The summed E-state index contributed by atoms with van der Waals surface area (Å²) in [7, 11) is 1.38. The van der Waals surface area contributed by atoms with Gasteiger partial charge in [0.15, 0.2) is 6.04 Å². The maximum atomic E-state index is 11.3. The normalized spacial score (nSPS) is 19.4. The van der Waals surface area contributed by atoms with Crippen molar-refractivity contribution in [1.29, 1.82) is 0 Å². The number of esters is 1. The summed E-state index contributed by atoms with van der Waals surface area (Å²) >= 11 is 0. The van der Waals surface area contributed by atoms with Gasteiger partial charge >= 0.3 is 5.97 Å². The van der Waals surface area contributed by atoms with Crippen molar-refractivity contribution in [2.24, 2.45) is 0 Å². The van der Waals surface area contributed by atoms with Gasteiger partial charge in [0.1, 0.15) is 0 Å². The van der Waals surface area contributed by atoms with Crippen LogP contribution in [0.2, 0.25) is 0 Å². The summed E-state index contributed by atoms with van der Waals surface area (Å²) in [5, 5.41) is 3.06. The number of carbonyl (C=O) groups is 1. The third-order valence-corrected chi connectivity index (χ3v) is 2.19. The van der Waals surface area contributed by atoms with Gasteiger partial charge in [0.05, 0.1) is 19.1 Å². The molecule has 2 N–H and O–H groups in total. The number of H-pyrrole nitrogens is 1. The quantitative estimate of drug-likeness (QED) is 0.660. The molecule has 6 heteroatoms. The lowest BCUT2D eigenvalue weighted by molar-refractivity contribution is -0.143. The maximum Gasteiger partial charge on any atom is 0.329 e. The predicted octanol–water partition coefficient (Wildman–Crippen LogP) is 0.191. The number of hydrogen-bond donors (Lipinski definition) is 2. The number of carbonyl (C=O) groups excluding carboxylic acids is 1. The Morgan fingerprint density at radius 1 is 1.71 bits per heavy atom. The Morgan fingerprint density at radius 3 is 3.21 bits per heavy atom. The Labute approximate surface area is 87.7 Å². The van der Waals surface area contributed by atoms with E-state index in [9.17, 15) is 4.79 Å². The average Bonchev–Trinajstić information content (AvgIpc) is 2.63. The number of rotatable bonds is 1. The molecular weight excluding hydrogens is 206 g/mol. The summed E-state index contributed by atoms with van der Waals surface area (Å²) in [6.45, 7) is 0.773. The second-order valence-electron chi connectivity index (χ2n) is 2.93. The SMILES string of the molecule is COC(=O)C1NCCc2[nH]cnc21.Cl. The van der Waals surface area contributed by atoms with Crippen molar-refractivity contribution in [2.75, 3.05) is 13.7 Å². The molecule has 14 heavy (non-hydrogen) atoms. The smallest absolute Gasteiger partial charge is 0.329 e. The molecule has 1 atom stereocenters. The van der Waals surface area contributed by atoms with Crippen LogP contribution in [-0.2, 0) is 16.0 Å². The molecule has 0 fully saturated rings. The summed E-state index contributed by atoms with van der Waals surface area (Å²) < 4.78 is 4.66. The molecule has 2 heterocycles. The van der Waals surface area contributed by atoms with E-state index < -0.39 is 6.04 Å². The predicted molar refractivity (Wildman–Crippen MR) is 52.3 cm³/mol. The third-order valence-electron chi connectivity index (χ3n) is 2.19. The number of hydrogen-bond acceptors (Lipinski definition) is 4. The van der Waals surface area contributed by atoms with Gasteiger partial charge in [-0.05, 0) is 0 Å². The third kappa shape index (κ3) is 1.73. The van der Waals surface area contributed by atoms with Gasteiger partial charge in [0.2, 0.25) is 0 Å². The second-order valence-corrected chi connectivity index (χ2v) is 2.93. The van der Waals surface area contributed by atoms with Gasteiger partial charge in [-0.15, -0.1) is 12.4 Å². The van der Waals surface area contributed by atoms with E-state index in [1.807, 2.05) is 0 Å². The first-order chi connectivity index (χ1) is 6.33. The Bertz CT molecular complexity index is 326. The minimum Gasteiger partial charge on any atom is -0.468 e. The lowest BCUT2D eigenvalue weighted by atomic mass is 10.1. The van der Waals surface area contributed by atoms with Crippen molar-refractivity contribution in [3.63, 3.8) is 0 Å². The summed E-state index contributed by atoms with van der Waals surface area (Å²) in [5.41, 5.74) is 1.78. The van der Waals surface area contributed by atoms with Crippen molar-refractivity contribution in [3.8, 4) is 0 Å². The number of imidazole rings is 1. The van der Waals surface area contributed by atoms with E-state index in [2.05, 4.69) is 20.0 Å². The summed E-state index contributed by atoms with van der Waals surface area (Å²) in [6, 6.07) is -0.403. The van der Waals surface area contributed by atoms with Crippen molar-refractivity contribution < 1.29 is 9.53 Å². The van der Waals surface area contributed by atoms with E-state index in [1.54, 1.807) is 6.33 Å². The zero-order valence-electron chi connectivity index (χ0n) is 7.74. The van der Waals surface area contributed by atoms with E-state index in [1.165, 1.54) is 7.11 Å². The first-order valence-corrected chi connectivity index (χ1v) is 4.16. The van der Waals surface area contributed by atoms with Crippen LogP contribution in [0.4, 0.5) is 0 Å². The Morgan fingerprint density at radius 2 is 2.50 bits per heavy atom. The van der Waals surface area contributed by atoms with Gasteiger partial charge < -0.3 is 9.72 Å². The fourth-order valence-electron chi connectivity index (χ4n) is 1.53. The van der Waals surface area contributed by atoms with E-state index in [0.717, 1.165) is 24.4 Å². The molecule has 5 nitrogen and oxygen atoms in total. The van der Waals surface area contributed by atoms with Crippen molar-refractivity contribution >= 4 is 18.4 Å². The largest absolute Gasteiger partial charge is 0.468 e. The standard InChI is InChI=1S/C8H11N3O2.ClH/c1-13-8(12)7-6-5(2-3-9-7)10-4-11-6;/h4,7,9H,2-3H2,1H3,(H,10,11);1H. The second kappa shape index (κ2) is 4.43. The molecule has 0 radical (unpaired) electrons. The Balaban J connectivity index is 0.000000980. The van der Waals surface area contributed by atoms with E-state index in [-0.39, 0.29) is 18.4 Å². The molecule has 0 saturated heterocycles. The van der Waals surface area contributed by atoms with E-state index in [4.69, 9.17) is 0 Å². The van der Waals surface area contributed by atoms with Crippen LogP contribution in [0.1, 0.15) is 17.4 Å². The number of halogens is 1. The highest BCUT2D eigenvalue weighted by atomic mass is 35.5. The highest BCUT2D eigenvalue weighted by Gasteiger charge is 2.28. The van der Waals surface area contributed by atoms with Crippen molar-refractivity contribution in [3.05, 3.63) is 17.7 Å². The number of nitrogens with zero attached hydrogens (tertiary/aromatic N) is 1. The van der Waals surface area contributed by atoms with Crippen molar-refractivity contribution in [1.82, 2.24) is 15.3 Å². The molecule has 0 aromatic carbocycles. The molecule has 1 aliphatic heterocycles. The molecule has 0 amide bonds. The molecule has 0 aliphatic carbocycles. The average molecular weight is 218 g/mol. The summed E-state index contributed by atoms with van der Waals surface area (Å²) in [6.07, 6.45) is 2.48. The zero-order chi connectivity index (χ0) is 9.26. The molecule has 0 saturated carbocycles. The molecular formula is C8H12ClN3O2. The Hall–Kier alpha value is -1.07. The maximum absolute atomic E-state index is 11.3. The number of aromatic amines is 1. The van der Waals surface area contributed by atoms with Crippen LogP contribution in [0.15, 0.2) is 6.33 Å². The van der Waals surface area contributed by atoms with Gasteiger partial charge in [0, 0.05) is 18.7 Å². The Kier molecular flexibility index (Phi) is 3.49. The fraction of sp³-hybridized carbons (Fsp3) is 0.500. The van der Waals surface area contributed by atoms with Gasteiger partial charge in [-0.1, -0.05) is 0 Å². The summed E-state index contributed by atoms with van der Waals surface area (Å²) in [5.74, 6) is -0.284. The topological polar surface area (TPSA) is 67.0 Å². The molecule has 78 valence electrons. The lowest BCUT2D eigenvalue weighted by Gasteiger charge is -2.20. The van der Waals surface area contributed by atoms with Gasteiger partial charge in [-0.2, -0.15) is 0 Å². The molecule has 0 bridgehead atoms. The highest BCUT2D eigenvalue weighted by Crippen LogP contribution is 2.19. The number of methoxy groups -OCH3 is 1. The molecule has 1 unspecified atom stereocenters. The number of fused-ring (bicyclic) bond motifs is 1. The van der Waals surface area contributed by atoms with Crippen LogP contribution in [0, 0.1) is 0 Å². The van der Waals surface area contributed by atoms with Gasteiger partial charge in [-0.3, -0.25) is 5.32 Å². The van der Waals surface area contributed by atoms with E-state index in [0.29, 0.717) is 0 Å². The zero-order valence-corrected chi connectivity index (χ0v) is 8.56. The molecule has 2 rings (SSSR count). The fourth-order valence-corrected chi connectivity index (χ4v) is 1.53. The number of aromatic nitrogens is 2. The summed E-state index contributed by atoms with van der Waals surface area (Å²) in [4.78, 5) is 18.4. The van der Waals surface area contributed by atoms with Crippen LogP contribution < -0.4 is 5.32 Å². The first kappa shape index (κ1) is 11.0. The van der Waals surface area contributed by atoms with Crippen LogP contribution in [-0.4, -0.2) is 29.6 Å². The first-order valence-electron chi connectivity index (χ1n) is 4.16. The van der Waals surface area contributed by atoms with Crippen molar-refractivity contribution in [2.45, 2.75) is 12.5 Å². The van der Waals surface area contributed by atoms with Crippen LogP contribution in [0.25, 0.3) is 0 Å². The lowest BCUT2D eigenvalue weighted by Crippen LogP contribution is -2.35. The van der Waals surface area contributed by atoms with Crippen LogP contribution >= 0.6 is 12.4 Å². The van der Waals surface area contributed by atoms with Gasteiger partial charge in [0.25, 0.3) is 0 Å². The molecule has 1 aromatic heterocycles. The molecule has 1 aliphatic rings. The van der Waals surface area contributed by atoms with Crippen LogP contribution in [0.5, 0.6) is 0 Å². The van der Waals surface area contributed by atoms with Gasteiger partial charge in [-0.25, -0.2) is 9.78 Å². The van der Waals surface area contributed by atoms with E-state index >= 15 is 0 Å². The number of nitrogens with one attached hydrogen (secondary N) is 2. The monoisotopic (exact) mass is 217 g/mol. The highest BCUT2D eigenvalue weighted by molar-refractivity contribution is 5.85. The molecule has 0 spiro atoms. The minimum absolute atomic E-state index is 0.